The fourth-order valence-corrected chi connectivity index (χ4v) is 2.40. The molecule has 124 valence electrons. The molecule has 0 heterocycles. The van der Waals surface area contributed by atoms with Gasteiger partial charge in [-0.2, -0.15) is 0 Å². The molecule has 24 heavy (non-hydrogen) atoms. The number of rotatable bonds is 7. The average molecular weight is 324 g/mol. The van der Waals surface area contributed by atoms with Gasteiger partial charge in [0.1, 0.15) is 0 Å². The SMILES string of the molecule is CCCN(Cc1ccccc1)C(=O)/C=C/c1ccccc1[N+](=O)[O-]. The molecule has 0 atom stereocenters. The van der Waals surface area contributed by atoms with Crippen molar-refractivity contribution in [1.29, 1.82) is 0 Å². The molecule has 1 amide bonds. The molecule has 2 aromatic carbocycles. The van der Waals surface area contributed by atoms with E-state index in [9.17, 15) is 14.9 Å². The highest BCUT2D eigenvalue weighted by Gasteiger charge is 2.13. The van der Waals surface area contributed by atoms with E-state index in [1.165, 1.54) is 18.2 Å². The van der Waals surface area contributed by atoms with Crippen LogP contribution in [-0.2, 0) is 11.3 Å². The molecular weight excluding hydrogens is 304 g/mol. The second kappa shape index (κ2) is 8.62. The van der Waals surface area contributed by atoms with Crippen LogP contribution in [0.5, 0.6) is 0 Å². The molecule has 0 N–H and O–H groups in total. The molecule has 0 aromatic heterocycles. The molecule has 0 unspecified atom stereocenters. The predicted octanol–water partition coefficient (Wildman–Crippen LogP) is 4.05. The van der Waals surface area contributed by atoms with Gasteiger partial charge in [-0.3, -0.25) is 14.9 Å². The van der Waals surface area contributed by atoms with E-state index in [0.717, 1.165) is 12.0 Å². The minimum absolute atomic E-state index is 0.00773. The molecule has 0 saturated heterocycles. The van der Waals surface area contributed by atoms with Crippen molar-refractivity contribution in [3.8, 4) is 0 Å². The molecule has 2 aromatic rings. The van der Waals surface area contributed by atoms with Crippen LogP contribution in [0.4, 0.5) is 5.69 Å². The Hall–Kier alpha value is -2.95. The molecule has 5 nitrogen and oxygen atoms in total. The molecule has 0 aliphatic carbocycles. The zero-order valence-electron chi connectivity index (χ0n) is 13.6. The van der Waals surface area contributed by atoms with Gasteiger partial charge in [-0.15, -0.1) is 0 Å². The highest BCUT2D eigenvalue weighted by molar-refractivity contribution is 5.92. The third-order valence-corrected chi connectivity index (χ3v) is 3.56. The summed E-state index contributed by atoms with van der Waals surface area (Å²) in [5.74, 6) is -0.154. The van der Waals surface area contributed by atoms with Gasteiger partial charge in [-0.1, -0.05) is 49.4 Å². The summed E-state index contributed by atoms with van der Waals surface area (Å²) in [6, 6.07) is 16.1. The number of nitro benzene ring substituents is 1. The predicted molar refractivity (Wildman–Crippen MR) is 94.3 cm³/mol. The molecule has 2 rings (SSSR count). The van der Waals surface area contributed by atoms with Crippen LogP contribution in [0.3, 0.4) is 0 Å². The van der Waals surface area contributed by atoms with Crippen LogP contribution in [0.2, 0.25) is 0 Å². The fourth-order valence-electron chi connectivity index (χ4n) is 2.40. The molecule has 0 aliphatic rings. The molecule has 0 spiro atoms. The fraction of sp³-hybridized carbons (Fsp3) is 0.211. The largest absolute Gasteiger partial charge is 0.335 e. The molecule has 0 aliphatic heterocycles. The zero-order chi connectivity index (χ0) is 17.4. The summed E-state index contributed by atoms with van der Waals surface area (Å²) in [5.41, 5.74) is 1.47. The van der Waals surface area contributed by atoms with Crippen molar-refractivity contribution in [2.75, 3.05) is 6.54 Å². The Morgan fingerprint density at radius 1 is 1.12 bits per heavy atom. The number of hydrogen-bond donors (Lipinski definition) is 0. The van der Waals surface area contributed by atoms with Gasteiger partial charge in [-0.05, 0) is 24.1 Å². The van der Waals surface area contributed by atoms with E-state index in [0.29, 0.717) is 18.7 Å². The lowest BCUT2D eigenvalue weighted by Crippen LogP contribution is -2.29. The van der Waals surface area contributed by atoms with Crippen LogP contribution < -0.4 is 0 Å². The Balaban J connectivity index is 2.14. The standard InChI is InChI=1S/C19H20N2O3/c1-2-14-20(15-16-8-4-3-5-9-16)19(22)13-12-17-10-6-7-11-18(17)21(23)24/h3-13H,2,14-15H2,1H3/b13-12+. The Morgan fingerprint density at radius 2 is 1.79 bits per heavy atom. The lowest BCUT2D eigenvalue weighted by atomic mass is 10.1. The Bertz CT molecular complexity index is 726. The first-order valence-corrected chi connectivity index (χ1v) is 7.86. The number of nitro groups is 1. The van der Waals surface area contributed by atoms with E-state index in [-0.39, 0.29) is 11.6 Å². The van der Waals surface area contributed by atoms with Crippen molar-refractivity contribution in [2.24, 2.45) is 0 Å². The Kier molecular flexibility index (Phi) is 6.25. The molecule has 0 bridgehead atoms. The zero-order valence-corrected chi connectivity index (χ0v) is 13.6. The molecule has 0 fully saturated rings. The topological polar surface area (TPSA) is 63.5 Å². The van der Waals surface area contributed by atoms with Gasteiger partial charge in [0.25, 0.3) is 5.69 Å². The summed E-state index contributed by atoms with van der Waals surface area (Å²) in [4.78, 5) is 24.8. The summed E-state index contributed by atoms with van der Waals surface area (Å²) in [6.07, 6.45) is 3.76. The molecule has 0 saturated carbocycles. The number of amides is 1. The smallest absolute Gasteiger partial charge is 0.276 e. The summed E-state index contributed by atoms with van der Waals surface area (Å²) in [6.45, 7) is 3.17. The van der Waals surface area contributed by atoms with Crippen LogP contribution in [0.25, 0.3) is 6.08 Å². The van der Waals surface area contributed by atoms with Gasteiger partial charge in [-0.25, -0.2) is 0 Å². The van der Waals surface area contributed by atoms with Crippen LogP contribution >= 0.6 is 0 Å². The quantitative estimate of drug-likeness (QED) is 0.438. The van der Waals surface area contributed by atoms with Crippen molar-refractivity contribution in [1.82, 2.24) is 4.90 Å². The minimum atomic E-state index is -0.446. The van der Waals surface area contributed by atoms with E-state index in [1.807, 2.05) is 37.3 Å². The maximum Gasteiger partial charge on any atom is 0.276 e. The van der Waals surface area contributed by atoms with Gasteiger partial charge in [0.2, 0.25) is 5.91 Å². The Morgan fingerprint density at radius 3 is 2.46 bits per heavy atom. The number of nitrogens with zero attached hydrogens (tertiary/aromatic N) is 2. The molecular formula is C19H20N2O3. The first-order chi connectivity index (χ1) is 11.6. The van der Waals surface area contributed by atoms with Gasteiger partial charge >= 0.3 is 0 Å². The van der Waals surface area contributed by atoms with Crippen molar-refractivity contribution in [3.05, 3.63) is 81.9 Å². The van der Waals surface area contributed by atoms with E-state index in [4.69, 9.17) is 0 Å². The monoisotopic (exact) mass is 324 g/mol. The third kappa shape index (κ3) is 4.78. The first kappa shape index (κ1) is 17.4. The number of hydrogen-bond acceptors (Lipinski definition) is 3. The second-order valence-electron chi connectivity index (χ2n) is 5.39. The van der Waals surface area contributed by atoms with Gasteiger partial charge in [0.05, 0.1) is 10.5 Å². The first-order valence-electron chi connectivity index (χ1n) is 7.86. The van der Waals surface area contributed by atoms with Crippen LogP contribution in [0.1, 0.15) is 24.5 Å². The highest BCUT2D eigenvalue weighted by Crippen LogP contribution is 2.19. The van der Waals surface area contributed by atoms with E-state index in [1.54, 1.807) is 23.1 Å². The second-order valence-corrected chi connectivity index (χ2v) is 5.39. The molecule has 0 radical (unpaired) electrons. The van der Waals surface area contributed by atoms with Gasteiger partial charge in [0, 0.05) is 25.2 Å². The summed E-state index contributed by atoms with van der Waals surface area (Å²) < 4.78 is 0. The number of carbonyl (C=O) groups is 1. The van der Waals surface area contributed by atoms with E-state index in [2.05, 4.69) is 0 Å². The Labute approximate surface area is 141 Å². The number of benzene rings is 2. The summed E-state index contributed by atoms with van der Waals surface area (Å²) in [7, 11) is 0. The van der Waals surface area contributed by atoms with Gasteiger partial charge < -0.3 is 4.90 Å². The molecule has 5 heteroatoms. The summed E-state index contributed by atoms with van der Waals surface area (Å²) in [5, 5.41) is 11.0. The van der Waals surface area contributed by atoms with Crippen molar-refractivity contribution in [3.63, 3.8) is 0 Å². The van der Waals surface area contributed by atoms with Gasteiger partial charge in [0.15, 0.2) is 0 Å². The third-order valence-electron chi connectivity index (χ3n) is 3.56. The normalized spacial score (nSPS) is 10.7. The number of carbonyl (C=O) groups excluding carboxylic acids is 1. The lowest BCUT2D eigenvalue weighted by Gasteiger charge is -2.20. The highest BCUT2D eigenvalue weighted by atomic mass is 16.6. The van der Waals surface area contributed by atoms with Crippen LogP contribution in [0.15, 0.2) is 60.7 Å². The van der Waals surface area contributed by atoms with E-state index >= 15 is 0 Å². The van der Waals surface area contributed by atoms with E-state index < -0.39 is 4.92 Å². The average Bonchev–Trinajstić information content (AvgIpc) is 2.60. The van der Waals surface area contributed by atoms with Crippen LogP contribution in [-0.4, -0.2) is 22.3 Å². The van der Waals surface area contributed by atoms with Crippen molar-refractivity contribution >= 4 is 17.7 Å². The number of para-hydroxylation sites is 1. The summed E-state index contributed by atoms with van der Waals surface area (Å²) >= 11 is 0. The van der Waals surface area contributed by atoms with Crippen LogP contribution in [0, 0.1) is 10.1 Å². The van der Waals surface area contributed by atoms with Crippen molar-refractivity contribution in [2.45, 2.75) is 19.9 Å². The lowest BCUT2D eigenvalue weighted by molar-refractivity contribution is -0.385. The maximum atomic E-state index is 12.5. The van der Waals surface area contributed by atoms with Crippen molar-refractivity contribution < 1.29 is 9.72 Å². The maximum absolute atomic E-state index is 12.5. The minimum Gasteiger partial charge on any atom is -0.335 e.